The molecular formula is C10H8BrF3O2. The second-order valence-corrected chi connectivity index (χ2v) is 3.91. The van der Waals surface area contributed by atoms with Crippen molar-refractivity contribution in [3.63, 3.8) is 0 Å². The van der Waals surface area contributed by atoms with Gasteiger partial charge in [-0.15, -0.1) is 0 Å². The first kappa shape index (κ1) is 13.0. The van der Waals surface area contributed by atoms with Gasteiger partial charge in [0.05, 0.1) is 18.2 Å². The second-order valence-electron chi connectivity index (χ2n) is 3.05. The van der Waals surface area contributed by atoms with E-state index in [2.05, 4.69) is 15.9 Å². The Balaban J connectivity index is 3.62. The van der Waals surface area contributed by atoms with Gasteiger partial charge < -0.3 is 4.74 Å². The molecular weight excluding hydrogens is 289 g/mol. The van der Waals surface area contributed by atoms with Crippen molar-refractivity contribution in [3.05, 3.63) is 27.7 Å². The summed E-state index contributed by atoms with van der Waals surface area (Å²) in [5.74, 6) is -0.770. The van der Waals surface area contributed by atoms with E-state index in [0.717, 1.165) is 6.92 Å². The molecule has 0 N–H and O–H groups in total. The standard InChI is InChI=1S/C10H8BrF3O2/c1-5(15)8-7(16-2)4-3-6(11)9(8)10(12,13)14/h3-4H,1-2H3. The van der Waals surface area contributed by atoms with Crippen LogP contribution < -0.4 is 4.74 Å². The number of hydrogen-bond donors (Lipinski definition) is 0. The summed E-state index contributed by atoms with van der Waals surface area (Å²) < 4.78 is 42.8. The molecule has 0 unspecified atom stereocenters. The van der Waals surface area contributed by atoms with Crippen molar-refractivity contribution in [2.75, 3.05) is 7.11 Å². The molecule has 88 valence electrons. The molecule has 0 amide bonds. The van der Waals surface area contributed by atoms with Crippen LogP contribution in [0, 0.1) is 0 Å². The van der Waals surface area contributed by atoms with Gasteiger partial charge in [0.2, 0.25) is 0 Å². The minimum Gasteiger partial charge on any atom is -0.496 e. The van der Waals surface area contributed by atoms with E-state index in [1.165, 1.54) is 19.2 Å². The van der Waals surface area contributed by atoms with Crippen molar-refractivity contribution in [2.24, 2.45) is 0 Å². The van der Waals surface area contributed by atoms with Crippen LogP contribution in [0.25, 0.3) is 0 Å². The Labute approximate surface area is 98.5 Å². The molecule has 1 aromatic carbocycles. The number of benzene rings is 1. The lowest BCUT2D eigenvalue weighted by atomic mass is 10.0. The van der Waals surface area contributed by atoms with Crippen molar-refractivity contribution in [1.82, 2.24) is 0 Å². The van der Waals surface area contributed by atoms with Gasteiger partial charge in [-0.3, -0.25) is 4.79 Å². The molecule has 0 aromatic heterocycles. The lowest BCUT2D eigenvalue weighted by Crippen LogP contribution is -2.14. The van der Waals surface area contributed by atoms with Crippen LogP contribution in [0.5, 0.6) is 5.75 Å². The summed E-state index contributed by atoms with van der Waals surface area (Å²) >= 11 is 2.79. The number of Topliss-reactive ketones (excluding diaryl/α,β-unsaturated/α-hetero) is 1. The van der Waals surface area contributed by atoms with Gasteiger partial charge in [-0.1, -0.05) is 15.9 Å². The Kier molecular flexibility index (Phi) is 3.62. The Morgan fingerprint density at radius 2 is 1.94 bits per heavy atom. The van der Waals surface area contributed by atoms with E-state index in [-0.39, 0.29) is 10.2 Å². The second kappa shape index (κ2) is 4.45. The third kappa shape index (κ3) is 2.37. The van der Waals surface area contributed by atoms with E-state index in [4.69, 9.17) is 4.74 Å². The van der Waals surface area contributed by atoms with E-state index in [0.29, 0.717) is 0 Å². The van der Waals surface area contributed by atoms with Crippen molar-refractivity contribution in [1.29, 1.82) is 0 Å². The molecule has 0 heterocycles. The van der Waals surface area contributed by atoms with E-state index in [1.807, 2.05) is 0 Å². The Morgan fingerprint density at radius 3 is 2.31 bits per heavy atom. The number of ketones is 1. The number of hydrogen-bond acceptors (Lipinski definition) is 2. The first-order valence-electron chi connectivity index (χ1n) is 4.23. The molecule has 0 radical (unpaired) electrons. The Morgan fingerprint density at radius 1 is 1.38 bits per heavy atom. The molecule has 1 rings (SSSR count). The molecule has 6 heteroatoms. The predicted molar refractivity (Wildman–Crippen MR) is 55.7 cm³/mol. The highest BCUT2D eigenvalue weighted by atomic mass is 79.9. The summed E-state index contributed by atoms with van der Waals surface area (Å²) in [5, 5.41) is 0. The third-order valence-electron chi connectivity index (χ3n) is 1.97. The summed E-state index contributed by atoms with van der Waals surface area (Å²) in [6.45, 7) is 1.07. The highest BCUT2D eigenvalue weighted by Gasteiger charge is 2.38. The highest BCUT2D eigenvalue weighted by molar-refractivity contribution is 9.10. The van der Waals surface area contributed by atoms with Gasteiger partial charge in [0.1, 0.15) is 5.75 Å². The molecule has 16 heavy (non-hydrogen) atoms. The molecule has 2 nitrogen and oxygen atoms in total. The summed E-state index contributed by atoms with van der Waals surface area (Å²) in [5.41, 5.74) is -1.45. The van der Waals surface area contributed by atoms with Crippen LogP contribution >= 0.6 is 15.9 Å². The van der Waals surface area contributed by atoms with Crippen molar-refractivity contribution in [3.8, 4) is 5.75 Å². The highest BCUT2D eigenvalue weighted by Crippen LogP contribution is 2.40. The van der Waals surface area contributed by atoms with Gasteiger partial charge in [0, 0.05) is 4.47 Å². The Hall–Kier alpha value is -1.04. The van der Waals surface area contributed by atoms with Crippen LogP contribution in [0.3, 0.4) is 0 Å². The van der Waals surface area contributed by atoms with Crippen LogP contribution in [0.1, 0.15) is 22.8 Å². The minimum absolute atomic E-state index is 0.0805. The zero-order chi connectivity index (χ0) is 12.5. The van der Waals surface area contributed by atoms with Crippen LogP contribution in [0.4, 0.5) is 13.2 Å². The molecule has 0 aliphatic rings. The van der Waals surface area contributed by atoms with E-state index < -0.39 is 23.1 Å². The number of carbonyl (C=O) groups excluding carboxylic acids is 1. The maximum absolute atomic E-state index is 12.7. The monoisotopic (exact) mass is 296 g/mol. The summed E-state index contributed by atoms with van der Waals surface area (Å²) in [4.78, 5) is 11.2. The first-order chi connectivity index (χ1) is 7.29. The van der Waals surface area contributed by atoms with Gasteiger partial charge in [-0.05, 0) is 19.1 Å². The molecule has 0 aliphatic carbocycles. The van der Waals surface area contributed by atoms with Crippen molar-refractivity contribution in [2.45, 2.75) is 13.1 Å². The van der Waals surface area contributed by atoms with Gasteiger partial charge in [-0.2, -0.15) is 13.2 Å². The van der Waals surface area contributed by atoms with E-state index in [9.17, 15) is 18.0 Å². The lowest BCUT2D eigenvalue weighted by Gasteiger charge is -2.15. The lowest BCUT2D eigenvalue weighted by molar-refractivity contribution is -0.138. The molecule has 0 atom stereocenters. The van der Waals surface area contributed by atoms with E-state index >= 15 is 0 Å². The van der Waals surface area contributed by atoms with Crippen LogP contribution in [-0.4, -0.2) is 12.9 Å². The van der Waals surface area contributed by atoms with Gasteiger partial charge in [0.15, 0.2) is 5.78 Å². The molecule has 1 aromatic rings. The number of ether oxygens (including phenoxy) is 1. The fraction of sp³-hybridized carbons (Fsp3) is 0.300. The van der Waals surface area contributed by atoms with Gasteiger partial charge in [0.25, 0.3) is 0 Å². The van der Waals surface area contributed by atoms with Crippen molar-refractivity contribution >= 4 is 21.7 Å². The largest absolute Gasteiger partial charge is 0.496 e. The number of rotatable bonds is 2. The fourth-order valence-corrected chi connectivity index (χ4v) is 1.91. The maximum Gasteiger partial charge on any atom is 0.418 e. The fourth-order valence-electron chi connectivity index (χ4n) is 1.35. The zero-order valence-electron chi connectivity index (χ0n) is 8.48. The SMILES string of the molecule is COc1ccc(Br)c(C(F)(F)F)c1C(C)=O. The average Bonchev–Trinajstić information content (AvgIpc) is 2.15. The quantitative estimate of drug-likeness (QED) is 0.778. The average molecular weight is 297 g/mol. The maximum atomic E-state index is 12.7. The molecule has 0 fully saturated rings. The normalized spacial score (nSPS) is 11.4. The number of halogens is 4. The Bertz CT molecular complexity index is 427. The zero-order valence-corrected chi connectivity index (χ0v) is 10.1. The first-order valence-corrected chi connectivity index (χ1v) is 5.03. The van der Waals surface area contributed by atoms with Crippen molar-refractivity contribution < 1.29 is 22.7 Å². The van der Waals surface area contributed by atoms with Crippen LogP contribution in [0.15, 0.2) is 16.6 Å². The molecule has 0 saturated carbocycles. The summed E-state index contributed by atoms with van der Waals surface area (Å²) in [6.07, 6.45) is -4.60. The smallest absolute Gasteiger partial charge is 0.418 e. The number of alkyl halides is 3. The van der Waals surface area contributed by atoms with E-state index in [1.54, 1.807) is 0 Å². The minimum atomic E-state index is -4.60. The van der Waals surface area contributed by atoms with Crippen LogP contribution in [-0.2, 0) is 6.18 Å². The molecule has 0 saturated heterocycles. The van der Waals surface area contributed by atoms with Gasteiger partial charge >= 0.3 is 6.18 Å². The summed E-state index contributed by atoms with van der Waals surface area (Å²) in [6, 6.07) is 2.52. The third-order valence-corrected chi connectivity index (χ3v) is 2.63. The molecule has 0 aliphatic heterocycles. The number of carbonyl (C=O) groups is 1. The molecule has 0 spiro atoms. The number of methoxy groups -OCH3 is 1. The van der Waals surface area contributed by atoms with Gasteiger partial charge in [-0.25, -0.2) is 0 Å². The topological polar surface area (TPSA) is 26.3 Å². The predicted octanol–water partition coefficient (Wildman–Crippen LogP) is 3.68. The molecule has 0 bridgehead atoms. The van der Waals surface area contributed by atoms with Crippen LogP contribution in [0.2, 0.25) is 0 Å². The summed E-state index contributed by atoms with van der Waals surface area (Å²) in [7, 11) is 1.22.